The highest BCUT2D eigenvalue weighted by Crippen LogP contribution is 2.16. The number of hydrogen-bond acceptors (Lipinski definition) is 3. The van der Waals surface area contributed by atoms with Gasteiger partial charge in [-0.15, -0.1) is 0 Å². The minimum Gasteiger partial charge on any atom is -0.342 e. The summed E-state index contributed by atoms with van der Waals surface area (Å²) in [5.74, 6) is 0.911. The molecule has 0 radical (unpaired) electrons. The summed E-state index contributed by atoms with van der Waals surface area (Å²) in [7, 11) is 0. The van der Waals surface area contributed by atoms with Gasteiger partial charge in [0.25, 0.3) is 0 Å². The molecule has 128 valence electrons. The Hall–Kier alpha value is -1.85. The van der Waals surface area contributed by atoms with Gasteiger partial charge in [-0.3, -0.25) is 9.59 Å². The Morgan fingerprint density at radius 3 is 2.91 bits per heavy atom. The number of amides is 2. The quantitative estimate of drug-likeness (QED) is 0.840. The van der Waals surface area contributed by atoms with Crippen molar-refractivity contribution < 1.29 is 9.59 Å². The highest BCUT2D eigenvalue weighted by Gasteiger charge is 2.18. The van der Waals surface area contributed by atoms with Gasteiger partial charge in [0.2, 0.25) is 11.8 Å². The number of anilines is 1. The van der Waals surface area contributed by atoms with E-state index in [0.29, 0.717) is 19.4 Å². The molecule has 0 unspecified atom stereocenters. The van der Waals surface area contributed by atoms with Crippen molar-refractivity contribution in [2.45, 2.75) is 65.3 Å². The predicted octanol–water partition coefficient (Wildman–Crippen LogP) is 2.72. The van der Waals surface area contributed by atoms with Crippen LogP contribution in [0.25, 0.3) is 0 Å². The molecule has 2 rings (SSSR count). The largest absolute Gasteiger partial charge is 0.342 e. The Balaban J connectivity index is 1.87. The molecule has 0 bridgehead atoms. The minimum absolute atomic E-state index is 0.0524. The molecule has 23 heavy (non-hydrogen) atoms. The third-order valence-corrected chi connectivity index (χ3v) is 4.28. The maximum Gasteiger partial charge on any atom is 0.227 e. The van der Waals surface area contributed by atoms with Gasteiger partial charge in [0, 0.05) is 38.0 Å². The smallest absolute Gasteiger partial charge is 0.227 e. The number of nitrogens with one attached hydrogen (secondary N) is 1. The SMILES string of the molecule is CCCCn1ncc(C)c1NC(=O)CCN1CCCCCC1=O. The zero-order chi connectivity index (χ0) is 16.7. The normalized spacial score (nSPS) is 15.6. The maximum atomic E-state index is 12.2. The van der Waals surface area contributed by atoms with Crippen molar-refractivity contribution >= 4 is 17.6 Å². The van der Waals surface area contributed by atoms with Crippen LogP contribution in [0.15, 0.2) is 6.20 Å². The molecule has 0 aromatic carbocycles. The molecule has 0 aliphatic carbocycles. The van der Waals surface area contributed by atoms with Crippen LogP contribution in [0.5, 0.6) is 0 Å². The van der Waals surface area contributed by atoms with Crippen LogP contribution in [0.1, 0.15) is 57.4 Å². The van der Waals surface area contributed by atoms with E-state index in [2.05, 4.69) is 17.3 Å². The number of likely N-dealkylation sites (tertiary alicyclic amines) is 1. The summed E-state index contributed by atoms with van der Waals surface area (Å²) in [4.78, 5) is 26.0. The van der Waals surface area contributed by atoms with Crippen molar-refractivity contribution in [1.82, 2.24) is 14.7 Å². The zero-order valence-electron chi connectivity index (χ0n) is 14.3. The van der Waals surface area contributed by atoms with Crippen LogP contribution in [0.4, 0.5) is 5.82 Å². The fraction of sp³-hybridized carbons (Fsp3) is 0.706. The van der Waals surface area contributed by atoms with Crippen molar-refractivity contribution in [2.75, 3.05) is 18.4 Å². The van der Waals surface area contributed by atoms with Gasteiger partial charge in [-0.2, -0.15) is 5.10 Å². The molecule has 1 aliphatic heterocycles. The van der Waals surface area contributed by atoms with Crippen LogP contribution in [0.3, 0.4) is 0 Å². The van der Waals surface area contributed by atoms with Crippen molar-refractivity contribution in [3.05, 3.63) is 11.8 Å². The molecule has 2 heterocycles. The predicted molar refractivity (Wildman–Crippen MR) is 90.2 cm³/mol. The van der Waals surface area contributed by atoms with E-state index in [0.717, 1.165) is 56.6 Å². The van der Waals surface area contributed by atoms with Crippen LogP contribution in [0.2, 0.25) is 0 Å². The summed E-state index contributed by atoms with van der Waals surface area (Å²) >= 11 is 0. The molecule has 0 saturated carbocycles. The standard InChI is InChI=1S/C17H28N4O2/c1-3-4-11-21-17(14(2)13-18-21)19-15(22)9-12-20-10-7-5-6-8-16(20)23/h13H,3-12H2,1-2H3,(H,19,22). The number of rotatable bonds is 7. The molecule has 1 fully saturated rings. The van der Waals surface area contributed by atoms with Crippen molar-refractivity contribution in [3.8, 4) is 0 Å². The van der Waals surface area contributed by atoms with Crippen LogP contribution < -0.4 is 5.32 Å². The van der Waals surface area contributed by atoms with E-state index >= 15 is 0 Å². The van der Waals surface area contributed by atoms with Gasteiger partial charge >= 0.3 is 0 Å². The summed E-state index contributed by atoms with van der Waals surface area (Å²) < 4.78 is 1.85. The molecule has 1 aliphatic rings. The molecule has 0 spiro atoms. The fourth-order valence-electron chi connectivity index (χ4n) is 2.83. The Morgan fingerprint density at radius 1 is 1.30 bits per heavy atom. The number of aryl methyl sites for hydroxylation is 2. The van der Waals surface area contributed by atoms with Gasteiger partial charge in [-0.25, -0.2) is 4.68 Å². The summed E-state index contributed by atoms with van der Waals surface area (Å²) in [6.07, 6.45) is 7.96. The van der Waals surface area contributed by atoms with Crippen LogP contribution in [-0.4, -0.2) is 39.6 Å². The highest BCUT2D eigenvalue weighted by molar-refractivity contribution is 5.91. The second kappa shape index (κ2) is 8.70. The molecule has 6 heteroatoms. The van der Waals surface area contributed by atoms with Crippen molar-refractivity contribution in [2.24, 2.45) is 0 Å². The second-order valence-corrected chi connectivity index (χ2v) is 6.24. The second-order valence-electron chi connectivity index (χ2n) is 6.24. The van der Waals surface area contributed by atoms with Crippen LogP contribution >= 0.6 is 0 Å². The molecular formula is C17H28N4O2. The molecule has 1 saturated heterocycles. The number of hydrogen-bond donors (Lipinski definition) is 1. The lowest BCUT2D eigenvalue weighted by molar-refractivity contribution is -0.131. The first-order valence-corrected chi connectivity index (χ1v) is 8.72. The van der Waals surface area contributed by atoms with Gasteiger partial charge in [0.1, 0.15) is 5.82 Å². The monoisotopic (exact) mass is 320 g/mol. The van der Waals surface area contributed by atoms with E-state index in [1.54, 1.807) is 6.20 Å². The lowest BCUT2D eigenvalue weighted by Crippen LogP contribution is -2.33. The van der Waals surface area contributed by atoms with Gasteiger partial charge in [0.05, 0.1) is 6.20 Å². The van der Waals surface area contributed by atoms with E-state index in [-0.39, 0.29) is 11.8 Å². The lowest BCUT2D eigenvalue weighted by atomic mass is 10.2. The maximum absolute atomic E-state index is 12.2. The van der Waals surface area contributed by atoms with Gasteiger partial charge in [-0.1, -0.05) is 19.8 Å². The van der Waals surface area contributed by atoms with E-state index in [1.165, 1.54) is 0 Å². The van der Waals surface area contributed by atoms with Gasteiger partial charge < -0.3 is 10.2 Å². The summed E-state index contributed by atoms with van der Waals surface area (Å²) in [6, 6.07) is 0. The third-order valence-electron chi connectivity index (χ3n) is 4.28. The number of carbonyl (C=O) groups excluding carboxylic acids is 2. The Morgan fingerprint density at radius 2 is 2.13 bits per heavy atom. The number of carbonyl (C=O) groups is 2. The van der Waals surface area contributed by atoms with Crippen LogP contribution in [-0.2, 0) is 16.1 Å². The fourth-order valence-corrected chi connectivity index (χ4v) is 2.83. The molecule has 1 aromatic heterocycles. The summed E-state index contributed by atoms with van der Waals surface area (Å²) in [5.41, 5.74) is 0.973. The van der Waals surface area contributed by atoms with Crippen molar-refractivity contribution in [3.63, 3.8) is 0 Å². The molecule has 2 amide bonds. The number of unbranched alkanes of at least 4 members (excludes halogenated alkanes) is 1. The van der Waals surface area contributed by atoms with E-state index < -0.39 is 0 Å². The van der Waals surface area contributed by atoms with Gasteiger partial charge in [-0.05, 0) is 26.2 Å². The first-order chi connectivity index (χ1) is 11.1. The topological polar surface area (TPSA) is 67.2 Å². The molecule has 1 N–H and O–H groups in total. The lowest BCUT2D eigenvalue weighted by Gasteiger charge is -2.20. The van der Waals surface area contributed by atoms with Crippen molar-refractivity contribution in [1.29, 1.82) is 0 Å². The molecular weight excluding hydrogens is 292 g/mol. The Bertz CT molecular complexity index is 539. The summed E-state index contributed by atoms with van der Waals surface area (Å²) in [5, 5.41) is 7.28. The third kappa shape index (κ3) is 5.08. The van der Waals surface area contributed by atoms with E-state index in [9.17, 15) is 9.59 Å². The minimum atomic E-state index is -0.0524. The first-order valence-electron chi connectivity index (χ1n) is 8.72. The van der Waals surface area contributed by atoms with Crippen LogP contribution in [0, 0.1) is 6.92 Å². The van der Waals surface area contributed by atoms with E-state index in [4.69, 9.17) is 0 Å². The average molecular weight is 320 g/mol. The highest BCUT2D eigenvalue weighted by atomic mass is 16.2. The average Bonchev–Trinajstić information content (AvgIpc) is 2.74. The molecule has 6 nitrogen and oxygen atoms in total. The number of aromatic nitrogens is 2. The Kier molecular flexibility index (Phi) is 6.62. The molecule has 1 aromatic rings. The Labute approximate surface area is 138 Å². The zero-order valence-corrected chi connectivity index (χ0v) is 14.3. The van der Waals surface area contributed by atoms with Gasteiger partial charge in [0.15, 0.2) is 0 Å². The number of nitrogens with zero attached hydrogens (tertiary/aromatic N) is 3. The first kappa shape index (κ1) is 17.5. The summed E-state index contributed by atoms with van der Waals surface area (Å²) in [6.45, 7) is 6.17. The molecule has 0 atom stereocenters. The van der Waals surface area contributed by atoms with E-state index in [1.807, 2.05) is 16.5 Å².